The number of carbonyl (C=O) groups excluding carboxylic acids is 1. The summed E-state index contributed by atoms with van der Waals surface area (Å²) in [4.78, 5) is 12.9. The fraction of sp³-hybridized carbons (Fsp3) is 0.583. The molecule has 0 unspecified atom stereocenters. The van der Waals surface area contributed by atoms with Crippen LogP contribution in [-0.2, 0) is 19.4 Å². The first-order valence-corrected chi connectivity index (χ1v) is 7.82. The van der Waals surface area contributed by atoms with Crippen molar-refractivity contribution in [2.24, 2.45) is 0 Å². The van der Waals surface area contributed by atoms with E-state index in [1.165, 1.54) is 12.2 Å². The number of nitrogens with zero attached hydrogens (tertiary/aromatic N) is 1. The third kappa shape index (κ3) is 5.04. The van der Waals surface area contributed by atoms with E-state index in [1.807, 2.05) is 4.90 Å². The molecule has 108 valence electrons. The summed E-state index contributed by atoms with van der Waals surface area (Å²) < 4.78 is 27.2. The number of allylic oxidation sites excluding steroid dienone is 2. The van der Waals surface area contributed by atoms with E-state index < -0.39 is 15.8 Å². The molecule has 0 bridgehead atoms. The Hall–Kier alpha value is -1.34. The Bertz CT molecular complexity index is 472. The molecule has 1 rings (SSSR count). The van der Waals surface area contributed by atoms with E-state index in [4.69, 9.17) is 0 Å². The van der Waals surface area contributed by atoms with Crippen molar-refractivity contribution in [2.45, 2.75) is 18.9 Å². The molecule has 0 aromatic rings. The molecule has 1 heterocycles. The summed E-state index contributed by atoms with van der Waals surface area (Å²) in [7, 11) is -2.48. The van der Waals surface area contributed by atoms with Gasteiger partial charge < -0.3 is 14.7 Å². The predicted molar refractivity (Wildman–Crippen MR) is 70.9 cm³/mol. The molecule has 0 amide bonds. The lowest BCUT2D eigenvalue weighted by Gasteiger charge is -2.28. The van der Waals surface area contributed by atoms with Gasteiger partial charge in [-0.3, -0.25) is 0 Å². The van der Waals surface area contributed by atoms with E-state index in [9.17, 15) is 18.3 Å². The van der Waals surface area contributed by atoms with Crippen molar-refractivity contribution in [1.82, 2.24) is 4.90 Å². The lowest BCUT2D eigenvalue weighted by molar-refractivity contribution is -0.135. The number of ether oxygens (including phenoxy) is 1. The minimum absolute atomic E-state index is 0.262. The molecule has 0 radical (unpaired) electrons. The normalized spacial score (nSPS) is 18.9. The molecule has 1 aliphatic rings. The van der Waals surface area contributed by atoms with Crippen molar-refractivity contribution in [3.8, 4) is 0 Å². The molecule has 0 spiro atoms. The standard InChI is InChI=1S/C12H19NO5S/c1-18-12(15)11(19(2,16)17)4-3-7-13-8-5-10(14)6-9-13/h3-4,7,10,14H,5-6,8-9H2,1-2H3/b7-3+,11-4-. The quantitative estimate of drug-likeness (QED) is 0.447. The molecule has 1 saturated heterocycles. The molecule has 1 aliphatic heterocycles. The van der Waals surface area contributed by atoms with Gasteiger partial charge in [-0.2, -0.15) is 0 Å². The number of hydrogen-bond acceptors (Lipinski definition) is 6. The number of aliphatic hydroxyl groups is 1. The topological polar surface area (TPSA) is 83.9 Å². The van der Waals surface area contributed by atoms with Crippen LogP contribution in [0.4, 0.5) is 0 Å². The number of piperidine rings is 1. The number of methoxy groups -OCH3 is 1. The Morgan fingerprint density at radius 1 is 1.37 bits per heavy atom. The lowest BCUT2D eigenvalue weighted by Crippen LogP contribution is -2.31. The number of esters is 1. The highest BCUT2D eigenvalue weighted by molar-refractivity contribution is 7.95. The van der Waals surface area contributed by atoms with Gasteiger partial charge in [-0.1, -0.05) is 0 Å². The van der Waals surface area contributed by atoms with Crippen LogP contribution in [0.2, 0.25) is 0 Å². The molecule has 1 N–H and O–H groups in total. The Morgan fingerprint density at radius 3 is 2.42 bits per heavy atom. The van der Waals surface area contributed by atoms with E-state index in [-0.39, 0.29) is 11.0 Å². The number of carbonyl (C=O) groups is 1. The SMILES string of the molecule is COC(=O)/C(=C/C=C/N1CCC(O)CC1)S(C)(=O)=O. The fourth-order valence-corrected chi connectivity index (χ4v) is 2.44. The molecule has 7 heteroatoms. The molecule has 0 aromatic heterocycles. The average molecular weight is 289 g/mol. The first kappa shape index (κ1) is 15.7. The molecule has 0 saturated carbocycles. The molecular weight excluding hydrogens is 270 g/mol. The second-order valence-electron chi connectivity index (χ2n) is 4.40. The number of likely N-dealkylation sites (tertiary alicyclic amines) is 1. The summed E-state index contributed by atoms with van der Waals surface area (Å²) >= 11 is 0. The summed E-state index contributed by atoms with van der Waals surface area (Å²) in [5.41, 5.74) is 0. The third-order valence-corrected chi connectivity index (χ3v) is 3.93. The zero-order chi connectivity index (χ0) is 14.5. The maximum Gasteiger partial charge on any atom is 0.349 e. The van der Waals surface area contributed by atoms with E-state index in [2.05, 4.69) is 4.74 Å². The maximum absolute atomic E-state index is 11.4. The van der Waals surface area contributed by atoms with E-state index in [1.54, 1.807) is 6.20 Å². The average Bonchev–Trinajstić information content (AvgIpc) is 2.34. The van der Waals surface area contributed by atoms with Crippen molar-refractivity contribution in [3.63, 3.8) is 0 Å². The van der Waals surface area contributed by atoms with Gasteiger partial charge in [0.25, 0.3) is 0 Å². The first-order valence-electron chi connectivity index (χ1n) is 5.93. The molecule has 1 fully saturated rings. The van der Waals surface area contributed by atoms with Crippen LogP contribution >= 0.6 is 0 Å². The van der Waals surface area contributed by atoms with Gasteiger partial charge in [0.2, 0.25) is 0 Å². The minimum atomic E-state index is -3.61. The second-order valence-corrected chi connectivity index (χ2v) is 6.39. The summed E-state index contributed by atoms with van der Waals surface area (Å²) in [6, 6.07) is 0. The van der Waals surface area contributed by atoms with Crippen LogP contribution in [0.5, 0.6) is 0 Å². The highest BCUT2D eigenvalue weighted by Gasteiger charge is 2.20. The third-order valence-electron chi connectivity index (χ3n) is 2.83. The number of rotatable bonds is 4. The zero-order valence-electron chi connectivity index (χ0n) is 11.1. The maximum atomic E-state index is 11.4. The van der Waals surface area contributed by atoms with Crippen LogP contribution < -0.4 is 0 Å². The number of aliphatic hydroxyl groups excluding tert-OH is 1. The zero-order valence-corrected chi connectivity index (χ0v) is 11.9. The highest BCUT2D eigenvalue weighted by Crippen LogP contribution is 2.11. The minimum Gasteiger partial charge on any atom is -0.465 e. The van der Waals surface area contributed by atoms with Gasteiger partial charge in [-0.25, -0.2) is 13.2 Å². The fourth-order valence-electron chi connectivity index (χ4n) is 1.73. The smallest absolute Gasteiger partial charge is 0.349 e. The Morgan fingerprint density at radius 2 is 1.95 bits per heavy atom. The van der Waals surface area contributed by atoms with Gasteiger partial charge in [-0.05, 0) is 31.2 Å². The summed E-state index contributed by atoms with van der Waals surface area (Å²) in [6.45, 7) is 1.41. The lowest BCUT2D eigenvalue weighted by atomic mass is 10.1. The molecule has 19 heavy (non-hydrogen) atoms. The summed E-state index contributed by atoms with van der Waals surface area (Å²) in [5, 5.41) is 9.35. The van der Waals surface area contributed by atoms with E-state index in [0.717, 1.165) is 13.4 Å². The summed E-state index contributed by atoms with van der Waals surface area (Å²) in [6.07, 6.45) is 6.51. The van der Waals surface area contributed by atoms with Gasteiger partial charge in [0.05, 0.1) is 13.2 Å². The summed E-state index contributed by atoms with van der Waals surface area (Å²) in [5.74, 6) is -0.874. The second kappa shape index (κ2) is 6.72. The van der Waals surface area contributed by atoms with Crippen molar-refractivity contribution in [1.29, 1.82) is 0 Å². The van der Waals surface area contributed by atoms with Crippen LogP contribution in [0.15, 0.2) is 23.3 Å². The van der Waals surface area contributed by atoms with Gasteiger partial charge in [0, 0.05) is 19.3 Å². The van der Waals surface area contributed by atoms with Crippen molar-refractivity contribution >= 4 is 15.8 Å². The van der Waals surface area contributed by atoms with Crippen molar-refractivity contribution < 1.29 is 23.1 Å². The molecule has 0 aromatic carbocycles. The monoisotopic (exact) mass is 289 g/mol. The Labute approximate surface area is 113 Å². The van der Waals surface area contributed by atoms with Crippen LogP contribution in [0.3, 0.4) is 0 Å². The van der Waals surface area contributed by atoms with E-state index in [0.29, 0.717) is 25.9 Å². The largest absolute Gasteiger partial charge is 0.465 e. The molecule has 0 aliphatic carbocycles. The Kier molecular flexibility index (Phi) is 5.56. The van der Waals surface area contributed by atoms with Crippen molar-refractivity contribution in [3.05, 3.63) is 23.3 Å². The number of sulfone groups is 1. The van der Waals surface area contributed by atoms with Gasteiger partial charge in [0.1, 0.15) is 0 Å². The van der Waals surface area contributed by atoms with E-state index >= 15 is 0 Å². The number of hydrogen-bond donors (Lipinski definition) is 1. The van der Waals surface area contributed by atoms with Crippen LogP contribution in [-0.4, -0.2) is 57.0 Å². The van der Waals surface area contributed by atoms with Gasteiger partial charge in [0.15, 0.2) is 14.7 Å². The van der Waals surface area contributed by atoms with Gasteiger partial charge in [-0.15, -0.1) is 0 Å². The predicted octanol–water partition coefficient (Wildman–Crippen LogP) is 0.0583. The van der Waals surface area contributed by atoms with Crippen LogP contribution in [0.1, 0.15) is 12.8 Å². The molecule has 0 atom stereocenters. The van der Waals surface area contributed by atoms with Crippen molar-refractivity contribution in [2.75, 3.05) is 26.5 Å². The molecule has 6 nitrogen and oxygen atoms in total. The Balaban J connectivity index is 2.73. The van der Waals surface area contributed by atoms with Crippen LogP contribution in [0, 0.1) is 0 Å². The highest BCUT2D eigenvalue weighted by atomic mass is 32.2. The first-order chi connectivity index (χ1) is 8.84. The van der Waals surface area contributed by atoms with Gasteiger partial charge >= 0.3 is 5.97 Å². The van der Waals surface area contributed by atoms with Crippen LogP contribution in [0.25, 0.3) is 0 Å². The molecular formula is C12H19NO5S.